The van der Waals surface area contributed by atoms with Crippen LogP contribution in [0.2, 0.25) is 0 Å². The van der Waals surface area contributed by atoms with Gasteiger partial charge in [-0.2, -0.15) is 4.98 Å². The molecule has 0 bridgehead atoms. The van der Waals surface area contributed by atoms with E-state index in [1.165, 1.54) is 16.2 Å². The van der Waals surface area contributed by atoms with Crippen LogP contribution in [0.15, 0.2) is 63.9 Å². The van der Waals surface area contributed by atoms with Gasteiger partial charge in [-0.3, -0.25) is 14.2 Å². The number of carbonyl (C=O) groups is 1. The monoisotopic (exact) mass is 428 g/mol. The number of para-hydroxylation sites is 1. The van der Waals surface area contributed by atoms with Crippen LogP contribution in [0.25, 0.3) is 22.4 Å². The zero-order chi connectivity index (χ0) is 22.1. The van der Waals surface area contributed by atoms with Gasteiger partial charge in [0.15, 0.2) is 5.82 Å². The normalized spacial score (nSPS) is 13.4. The SMILES string of the molecule is CCc1ccc(CNC(=O)Cn2c(=O)cc(-c3nc(C4CC4)no3)c3ccccc32)cc1. The van der Waals surface area contributed by atoms with E-state index >= 15 is 0 Å². The third-order valence-electron chi connectivity index (χ3n) is 5.86. The number of hydrogen-bond donors (Lipinski definition) is 1. The lowest BCUT2D eigenvalue weighted by Crippen LogP contribution is -2.32. The average molecular weight is 428 g/mol. The van der Waals surface area contributed by atoms with Crippen LogP contribution in [0.5, 0.6) is 0 Å². The number of carbonyl (C=O) groups excluding carboxylic acids is 1. The van der Waals surface area contributed by atoms with Gasteiger partial charge in [-0.15, -0.1) is 0 Å². The Labute approximate surface area is 185 Å². The number of nitrogens with one attached hydrogen (secondary N) is 1. The number of amides is 1. The van der Waals surface area contributed by atoms with E-state index in [9.17, 15) is 9.59 Å². The molecular formula is C25H24N4O3. The molecule has 0 radical (unpaired) electrons. The molecule has 1 amide bonds. The minimum absolute atomic E-state index is 0.0656. The number of benzene rings is 2. The van der Waals surface area contributed by atoms with Crippen LogP contribution in [-0.4, -0.2) is 20.6 Å². The molecule has 7 heteroatoms. The van der Waals surface area contributed by atoms with E-state index in [0.717, 1.165) is 30.2 Å². The first-order chi connectivity index (χ1) is 15.6. The highest BCUT2D eigenvalue weighted by molar-refractivity contribution is 5.93. The lowest BCUT2D eigenvalue weighted by atomic mass is 10.1. The smallest absolute Gasteiger partial charge is 0.258 e. The van der Waals surface area contributed by atoms with E-state index in [4.69, 9.17) is 4.52 Å². The second-order valence-corrected chi connectivity index (χ2v) is 8.18. The van der Waals surface area contributed by atoms with E-state index in [0.29, 0.717) is 35.3 Å². The fourth-order valence-corrected chi connectivity index (χ4v) is 3.82. The van der Waals surface area contributed by atoms with Crippen LogP contribution in [0.1, 0.15) is 42.6 Å². The molecule has 2 aromatic heterocycles. The fourth-order valence-electron chi connectivity index (χ4n) is 3.82. The lowest BCUT2D eigenvalue weighted by Gasteiger charge is -2.12. The van der Waals surface area contributed by atoms with Crippen LogP contribution in [0.4, 0.5) is 0 Å². The molecular weight excluding hydrogens is 404 g/mol. The maximum absolute atomic E-state index is 13.0. The standard InChI is InChI=1S/C25H24N4O3/c1-2-16-7-9-17(10-8-16)14-26-22(30)15-29-21-6-4-3-5-19(21)20(13-23(29)31)25-27-24(28-32-25)18-11-12-18/h3-10,13,18H,2,11-12,14-15H2,1H3,(H,26,30). The summed E-state index contributed by atoms with van der Waals surface area (Å²) >= 11 is 0. The van der Waals surface area contributed by atoms with Crippen LogP contribution in [-0.2, 0) is 24.3 Å². The third kappa shape index (κ3) is 4.06. The molecule has 32 heavy (non-hydrogen) atoms. The molecule has 0 aliphatic heterocycles. The van der Waals surface area contributed by atoms with Gasteiger partial charge in [-0.05, 0) is 36.5 Å². The highest BCUT2D eigenvalue weighted by atomic mass is 16.5. The van der Waals surface area contributed by atoms with Crippen molar-refractivity contribution in [2.75, 3.05) is 0 Å². The largest absolute Gasteiger partial charge is 0.350 e. The van der Waals surface area contributed by atoms with Crippen molar-refractivity contribution in [1.82, 2.24) is 20.0 Å². The van der Waals surface area contributed by atoms with Gasteiger partial charge < -0.3 is 9.84 Å². The Morgan fingerprint density at radius 2 is 1.88 bits per heavy atom. The lowest BCUT2D eigenvalue weighted by molar-refractivity contribution is -0.121. The Bertz CT molecular complexity index is 1330. The molecule has 1 aliphatic carbocycles. The molecule has 2 heterocycles. The van der Waals surface area contributed by atoms with Gasteiger partial charge in [0.05, 0.1) is 11.1 Å². The summed E-state index contributed by atoms with van der Waals surface area (Å²) in [6.45, 7) is 2.46. The number of aryl methyl sites for hydroxylation is 1. The van der Waals surface area contributed by atoms with Crippen molar-refractivity contribution in [1.29, 1.82) is 0 Å². The van der Waals surface area contributed by atoms with Crippen LogP contribution < -0.4 is 10.9 Å². The van der Waals surface area contributed by atoms with Gasteiger partial charge in [0.2, 0.25) is 5.91 Å². The van der Waals surface area contributed by atoms with Crippen LogP contribution in [0, 0.1) is 0 Å². The van der Waals surface area contributed by atoms with Crippen molar-refractivity contribution in [3.63, 3.8) is 0 Å². The number of pyridine rings is 1. The highest BCUT2D eigenvalue weighted by Gasteiger charge is 2.29. The number of hydrogen-bond acceptors (Lipinski definition) is 5. The first-order valence-corrected chi connectivity index (χ1v) is 10.9. The van der Waals surface area contributed by atoms with Crippen LogP contribution in [0.3, 0.4) is 0 Å². The summed E-state index contributed by atoms with van der Waals surface area (Å²) in [5.74, 6) is 1.17. The molecule has 1 N–H and O–H groups in total. The summed E-state index contributed by atoms with van der Waals surface area (Å²) in [4.78, 5) is 30.1. The predicted octanol–water partition coefficient (Wildman–Crippen LogP) is 3.81. The molecule has 162 valence electrons. The van der Waals surface area contributed by atoms with E-state index in [1.807, 2.05) is 36.4 Å². The van der Waals surface area contributed by atoms with Gasteiger partial charge >= 0.3 is 0 Å². The van der Waals surface area contributed by atoms with Gasteiger partial charge in [-0.1, -0.05) is 54.5 Å². The molecule has 2 aromatic carbocycles. The average Bonchev–Trinajstić information content (AvgIpc) is 3.56. The second-order valence-electron chi connectivity index (χ2n) is 8.18. The molecule has 4 aromatic rings. The first-order valence-electron chi connectivity index (χ1n) is 10.9. The predicted molar refractivity (Wildman–Crippen MR) is 121 cm³/mol. The van der Waals surface area contributed by atoms with E-state index < -0.39 is 0 Å². The maximum Gasteiger partial charge on any atom is 0.258 e. The summed E-state index contributed by atoms with van der Waals surface area (Å²) in [5, 5.41) is 7.77. The number of rotatable bonds is 7. The van der Waals surface area contributed by atoms with E-state index in [-0.39, 0.29) is 18.0 Å². The Morgan fingerprint density at radius 1 is 1.12 bits per heavy atom. The molecule has 1 saturated carbocycles. The molecule has 0 atom stereocenters. The van der Waals surface area contributed by atoms with Gasteiger partial charge in [0, 0.05) is 23.9 Å². The Kier molecular flexibility index (Phi) is 5.31. The van der Waals surface area contributed by atoms with Crippen molar-refractivity contribution >= 4 is 16.8 Å². The Morgan fingerprint density at radius 3 is 2.62 bits per heavy atom. The zero-order valence-electron chi connectivity index (χ0n) is 17.9. The Hall–Kier alpha value is -3.74. The molecule has 7 nitrogen and oxygen atoms in total. The summed E-state index contributed by atoms with van der Waals surface area (Å²) in [7, 11) is 0. The summed E-state index contributed by atoms with van der Waals surface area (Å²) < 4.78 is 6.93. The molecule has 0 saturated heterocycles. The maximum atomic E-state index is 13.0. The van der Waals surface area contributed by atoms with E-state index in [1.54, 1.807) is 0 Å². The summed E-state index contributed by atoms with van der Waals surface area (Å²) in [6, 6.07) is 17.1. The number of nitrogens with zero attached hydrogens (tertiary/aromatic N) is 3. The minimum Gasteiger partial charge on any atom is -0.350 e. The molecule has 5 rings (SSSR count). The topological polar surface area (TPSA) is 90.0 Å². The Balaban J connectivity index is 1.39. The van der Waals surface area contributed by atoms with Crippen molar-refractivity contribution in [2.45, 2.75) is 45.2 Å². The van der Waals surface area contributed by atoms with Gasteiger partial charge in [0.1, 0.15) is 6.54 Å². The summed E-state index contributed by atoms with van der Waals surface area (Å²) in [6.07, 6.45) is 3.11. The quantitative estimate of drug-likeness (QED) is 0.483. The van der Waals surface area contributed by atoms with Crippen molar-refractivity contribution in [3.05, 3.63) is 81.9 Å². The van der Waals surface area contributed by atoms with Crippen molar-refractivity contribution in [3.8, 4) is 11.5 Å². The van der Waals surface area contributed by atoms with Gasteiger partial charge in [0.25, 0.3) is 11.4 Å². The molecule has 0 spiro atoms. The van der Waals surface area contributed by atoms with Gasteiger partial charge in [-0.25, -0.2) is 0 Å². The van der Waals surface area contributed by atoms with E-state index in [2.05, 4.69) is 34.5 Å². The van der Waals surface area contributed by atoms with Crippen molar-refractivity contribution in [2.24, 2.45) is 0 Å². The second kappa shape index (κ2) is 8.42. The zero-order valence-corrected chi connectivity index (χ0v) is 17.9. The molecule has 1 fully saturated rings. The first kappa shape index (κ1) is 20.2. The fraction of sp³-hybridized carbons (Fsp3) is 0.280. The number of fused-ring (bicyclic) bond motifs is 1. The summed E-state index contributed by atoms with van der Waals surface area (Å²) in [5.41, 5.74) is 3.24. The van der Waals surface area contributed by atoms with Crippen molar-refractivity contribution < 1.29 is 9.32 Å². The third-order valence-corrected chi connectivity index (χ3v) is 5.86. The van der Waals surface area contributed by atoms with Crippen LogP contribution >= 0.6 is 0 Å². The number of aromatic nitrogens is 3. The molecule has 1 aliphatic rings. The highest BCUT2D eigenvalue weighted by Crippen LogP contribution is 2.39. The minimum atomic E-state index is -0.285. The molecule has 0 unspecified atom stereocenters.